The Hall–Kier alpha value is -5.94. The van der Waals surface area contributed by atoms with Gasteiger partial charge in [-0.2, -0.15) is 0 Å². The van der Waals surface area contributed by atoms with E-state index in [1.807, 2.05) is 72.8 Å². The molecule has 0 bridgehead atoms. The molecule has 0 atom stereocenters. The molecule has 202 valence electrons. The molecule has 0 fully saturated rings. The number of nitrogens with one attached hydrogen (secondary N) is 4. The fourth-order valence-electron chi connectivity index (χ4n) is 4.93. The predicted octanol–water partition coefficient (Wildman–Crippen LogP) is 6.25. The quantitative estimate of drug-likeness (QED) is 0.184. The molecule has 2 heterocycles. The minimum absolute atomic E-state index is 0.243. The Kier molecular flexibility index (Phi) is 6.30. The van der Waals surface area contributed by atoms with Crippen molar-refractivity contribution < 1.29 is 9.59 Å². The summed E-state index contributed by atoms with van der Waals surface area (Å²) >= 11 is 0. The number of carbonyl (C=O) groups excluding carboxylic acids is 2. The summed E-state index contributed by atoms with van der Waals surface area (Å²) in [6.45, 7) is 0. The van der Waals surface area contributed by atoms with Gasteiger partial charge in [-0.3, -0.25) is 9.59 Å². The van der Waals surface area contributed by atoms with Gasteiger partial charge >= 0.3 is 0 Å². The second-order valence-corrected chi connectivity index (χ2v) is 9.98. The Bertz CT molecular complexity index is 1900. The molecule has 0 saturated heterocycles. The van der Waals surface area contributed by atoms with E-state index in [1.165, 1.54) is 0 Å². The van der Waals surface area contributed by atoms with Crippen LogP contribution in [0.5, 0.6) is 0 Å². The minimum Gasteiger partial charge on any atom is -0.338 e. The number of benzene rings is 4. The largest absolute Gasteiger partial charge is 0.338 e. The van der Waals surface area contributed by atoms with Crippen LogP contribution in [0, 0.1) is 0 Å². The van der Waals surface area contributed by atoms with E-state index < -0.39 is 0 Å². The smallest absolute Gasteiger partial charge is 0.255 e. The number of fused-ring (bicyclic) bond motifs is 2. The molecule has 8 nitrogen and oxygen atoms in total. The van der Waals surface area contributed by atoms with Crippen LogP contribution in [-0.4, -0.2) is 31.8 Å². The van der Waals surface area contributed by atoms with Gasteiger partial charge < -0.3 is 20.6 Å². The highest BCUT2D eigenvalue weighted by Crippen LogP contribution is 2.23. The third-order valence-corrected chi connectivity index (χ3v) is 7.09. The average molecular weight is 549 g/mol. The van der Waals surface area contributed by atoms with Crippen molar-refractivity contribution in [2.75, 3.05) is 0 Å². The van der Waals surface area contributed by atoms with E-state index in [-0.39, 0.29) is 11.8 Å². The molecule has 2 amide bonds. The number of para-hydroxylation sites is 4. The lowest BCUT2D eigenvalue weighted by molar-refractivity contribution is 0.0953. The molecule has 0 spiro atoms. The molecule has 7 rings (SSSR count). The Morgan fingerprint density at radius 2 is 1.05 bits per heavy atom. The van der Waals surface area contributed by atoms with Gasteiger partial charge in [0.1, 0.15) is 11.6 Å². The van der Waals surface area contributed by atoms with E-state index in [0.717, 1.165) is 33.2 Å². The molecule has 8 heteroatoms. The number of H-pyrrole nitrogens is 2. The monoisotopic (exact) mass is 548 g/mol. The van der Waals surface area contributed by atoms with Gasteiger partial charge in [0.25, 0.3) is 11.8 Å². The fourth-order valence-corrected chi connectivity index (χ4v) is 4.93. The number of amides is 2. The van der Waals surface area contributed by atoms with Gasteiger partial charge in [0.2, 0.25) is 0 Å². The van der Waals surface area contributed by atoms with Crippen LogP contribution in [0.25, 0.3) is 44.8 Å². The minimum atomic E-state index is -0.243. The second kappa shape index (κ2) is 10.6. The van der Waals surface area contributed by atoms with Crippen molar-refractivity contribution in [3.05, 3.63) is 131 Å². The van der Waals surface area contributed by atoms with Crippen molar-refractivity contribution in [1.82, 2.24) is 30.6 Å². The summed E-state index contributed by atoms with van der Waals surface area (Å²) in [6.07, 6.45) is 1.02. The van der Waals surface area contributed by atoms with Crippen LogP contribution in [0.15, 0.2) is 120 Å². The summed E-state index contributed by atoms with van der Waals surface area (Å²) in [5, 5.41) is 5.84. The number of aromatic nitrogens is 4. The molecule has 0 saturated carbocycles. The van der Waals surface area contributed by atoms with Crippen LogP contribution < -0.4 is 10.6 Å². The normalized spacial score (nSPS) is 12.7. The van der Waals surface area contributed by atoms with E-state index in [0.29, 0.717) is 47.0 Å². The zero-order chi connectivity index (χ0) is 28.5. The molecule has 1 aliphatic carbocycles. The first kappa shape index (κ1) is 25.1. The zero-order valence-corrected chi connectivity index (χ0v) is 22.4. The number of hydrogen-bond acceptors (Lipinski definition) is 4. The van der Waals surface area contributed by atoms with Crippen molar-refractivity contribution in [3.8, 4) is 22.8 Å². The van der Waals surface area contributed by atoms with Crippen molar-refractivity contribution >= 4 is 33.9 Å². The fraction of sp³-hybridized carbons (Fsp3) is 0.0588. The topological polar surface area (TPSA) is 116 Å². The number of carbonyl (C=O) groups is 2. The highest BCUT2D eigenvalue weighted by molar-refractivity contribution is 5.97. The predicted molar refractivity (Wildman–Crippen MR) is 161 cm³/mol. The highest BCUT2D eigenvalue weighted by atomic mass is 16.2. The van der Waals surface area contributed by atoms with Crippen LogP contribution >= 0.6 is 0 Å². The van der Waals surface area contributed by atoms with Gasteiger partial charge in [-0.05, 0) is 60.0 Å². The molecule has 4 N–H and O–H groups in total. The van der Waals surface area contributed by atoms with E-state index in [4.69, 9.17) is 0 Å². The van der Waals surface area contributed by atoms with E-state index in [1.54, 1.807) is 24.3 Å². The number of hydrogen-bond donors (Lipinski definition) is 4. The maximum atomic E-state index is 13.0. The Balaban J connectivity index is 1.05. The maximum Gasteiger partial charge on any atom is 0.255 e. The van der Waals surface area contributed by atoms with Crippen molar-refractivity contribution in [2.45, 2.75) is 12.8 Å². The highest BCUT2D eigenvalue weighted by Gasteiger charge is 2.15. The van der Waals surface area contributed by atoms with Gasteiger partial charge in [0, 0.05) is 35.1 Å². The van der Waals surface area contributed by atoms with Gasteiger partial charge in [-0.1, -0.05) is 48.5 Å². The molecule has 1 aliphatic rings. The summed E-state index contributed by atoms with van der Waals surface area (Å²) in [7, 11) is 0. The van der Waals surface area contributed by atoms with Crippen LogP contribution in [0.4, 0.5) is 0 Å². The Morgan fingerprint density at radius 3 is 1.48 bits per heavy atom. The molecule has 42 heavy (non-hydrogen) atoms. The molecule has 2 aromatic heterocycles. The summed E-state index contributed by atoms with van der Waals surface area (Å²) in [5.41, 5.74) is 13.5. The molecular weight excluding hydrogens is 524 g/mol. The average Bonchev–Trinajstić information content (AvgIpc) is 3.67. The van der Waals surface area contributed by atoms with Crippen LogP contribution in [0.3, 0.4) is 0 Å². The van der Waals surface area contributed by atoms with E-state index >= 15 is 0 Å². The molecule has 0 radical (unpaired) electrons. The number of rotatable bonds is 6. The standard InChI is InChI=1S/C34H24N6O2/c41-33(23-9-5-7-21(19-23)31-37-27-11-1-2-12-28(27)38-31)35-25-15-17-26(18-16-25)36-34(42)24-10-6-8-22(20-24)32-39-29-13-3-4-14-30(29)40-32/h1-14,19-20H,15,17H2,(H,35,41)(H,36,42)(H,37,38)(H,39,40). The zero-order valence-electron chi connectivity index (χ0n) is 22.4. The second-order valence-electron chi connectivity index (χ2n) is 9.98. The van der Waals surface area contributed by atoms with Crippen molar-refractivity contribution in [3.63, 3.8) is 0 Å². The summed E-state index contributed by atoms with van der Waals surface area (Å²) in [6, 6.07) is 30.2. The molecule has 0 unspecified atom stereocenters. The number of imidazole rings is 2. The number of nitrogens with zero attached hydrogens (tertiary/aromatic N) is 2. The SMILES string of the molecule is O=C(NC1=C=C=C(NC(=O)c2cccc(-c3nc4ccccc4[nH]3)c2)CC1)c1cccc(-c2nc3ccccc3[nH]2)c1. The Labute approximate surface area is 240 Å². The molecule has 0 aliphatic heterocycles. The van der Waals surface area contributed by atoms with E-state index in [2.05, 4.69) is 42.0 Å². The van der Waals surface area contributed by atoms with Crippen LogP contribution in [-0.2, 0) is 0 Å². The number of allylic oxidation sites excluding steroid dienone is 2. The van der Waals surface area contributed by atoms with Crippen molar-refractivity contribution in [2.24, 2.45) is 0 Å². The molecule has 6 aromatic rings. The lowest BCUT2D eigenvalue weighted by atomic mass is 10.1. The molecule has 4 aromatic carbocycles. The maximum absolute atomic E-state index is 13.0. The third kappa shape index (κ3) is 5.03. The first-order valence-corrected chi connectivity index (χ1v) is 13.6. The van der Waals surface area contributed by atoms with Crippen LogP contribution in [0.1, 0.15) is 33.6 Å². The van der Waals surface area contributed by atoms with Gasteiger partial charge in [-0.15, -0.1) is 0 Å². The van der Waals surface area contributed by atoms with Gasteiger partial charge in [0.05, 0.1) is 33.5 Å². The molecular formula is C34H24N6O2. The van der Waals surface area contributed by atoms with Crippen LogP contribution in [0.2, 0.25) is 0 Å². The lowest BCUT2D eigenvalue weighted by Gasteiger charge is -2.13. The van der Waals surface area contributed by atoms with Crippen molar-refractivity contribution in [1.29, 1.82) is 0 Å². The lowest BCUT2D eigenvalue weighted by Crippen LogP contribution is -2.26. The number of aromatic amines is 2. The summed E-state index contributed by atoms with van der Waals surface area (Å²) in [5.74, 6) is 0.919. The summed E-state index contributed by atoms with van der Waals surface area (Å²) in [4.78, 5) is 41.9. The first-order chi connectivity index (χ1) is 20.6. The summed E-state index contributed by atoms with van der Waals surface area (Å²) < 4.78 is 0. The Morgan fingerprint density at radius 1 is 0.595 bits per heavy atom. The van der Waals surface area contributed by atoms with Gasteiger partial charge in [-0.25, -0.2) is 9.97 Å². The third-order valence-electron chi connectivity index (χ3n) is 7.09. The van der Waals surface area contributed by atoms with E-state index in [9.17, 15) is 9.59 Å². The first-order valence-electron chi connectivity index (χ1n) is 13.6. The van der Waals surface area contributed by atoms with Gasteiger partial charge in [0.15, 0.2) is 0 Å².